The second-order valence-electron chi connectivity index (χ2n) is 7.03. The summed E-state index contributed by atoms with van der Waals surface area (Å²) in [6, 6.07) is 4.45. The Morgan fingerprint density at radius 2 is 2.03 bits per heavy atom. The van der Waals surface area contributed by atoms with Crippen LogP contribution in [0.25, 0.3) is 11.4 Å². The lowest BCUT2D eigenvalue weighted by Gasteiger charge is -2.42. The van der Waals surface area contributed by atoms with Crippen LogP contribution in [0.5, 0.6) is 5.75 Å². The average Bonchev–Trinajstić information content (AvgIpc) is 2.98. The molecule has 3 N–H and O–H groups in total. The molecule has 1 spiro atoms. The molecule has 0 bridgehead atoms. The molecule has 0 radical (unpaired) electrons. The Labute approximate surface area is 162 Å². The molecule has 1 atom stereocenters. The third-order valence-electron chi connectivity index (χ3n) is 5.23. The molecule has 0 saturated carbocycles. The zero-order valence-electron chi connectivity index (χ0n) is 14.9. The topological polar surface area (TPSA) is 95.1 Å². The van der Waals surface area contributed by atoms with Gasteiger partial charge in [0.25, 0.3) is 5.91 Å². The molecule has 10 heteroatoms. The summed E-state index contributed by atoms with van der Waals surface area (Å²) in [4.78, 5) is 16.9. The van der Waals surface area contributed by atoms with Crippen LogP contribution >= 0.6 is 0 Å². The van der Waals surface area contributed by atoms with E-state index in [-0.39, 0.29) is 48.0 Å². The van der Waals surface area contributed by atoms with Crippen molar-refractivity contribution >= 4 is 11.6 Å². The van der Waals surface area contributed by atoms with Crippen LogP contribution in [0.4, 0.5) is 18.9 Å². The third kappa shape index (κ3) is 2.55. The van der Waals surface area contributed by atoms with Gasteiger partial charge >= 0.3 is 0 Å². The quantitative estimate of drug-likeness (QED) is 0.653. The number of hydrogen-bond donors (Lipinski definition) is 2. The summed E-state index contributed by atoms with van der Waals surface area (Å²) in [6.07, 6.45) is 1.28. The monoisotopic (exact) mass is 401 g/mol. The molecule has 2 aliphatic rings. The summed E-state index contributed by atoms with van der Waals surface area (Å²) >= 11 is 0. The molecule has 7 nitrogen and oxygen atoms in total. The number of pyridine rings is 1. The number of nitrogens with zero attached hydrogens (tertiary/aromatic N) is 3. The number of hydrogen-bond acceptors (Lipinski definition) is 5. The third-order valence-corrected chi connectivity index (χ3v) is 5.23. The van der Waals surface area contributed by atoms with Gasteiger partial charge in [-0.15, -0.1) is 0 Å². The van der Waals surface area contributed by atoms with Crippen LogP contribution < -0.4 is 15.8 Å². The maximum atomic E-state index is 14.7. The first kappa shape index (κ1) is 17.5. The van der Waals surface area contributed by atoms with Crippen molar-refractivity contribution in [3.8, 4) is 17.1 Å². The minimum atomic E-state index is -1.17. The van der Waals surface area contributed by atoms with Gasteiger partial charge in [0.05, 0.1) is 41.8 Å². The summed E-state index contributed by atoms with van der Waals surface area (Å²) in [6.45, 7) is 0.229. The van der Waals surface area contributed by atoms with Crippen LogP contribution in [0.1, 0.15) is 22.5 Å². The molecular weight excluding hydrogens is 387 g/mol. The Morgan fingerprint density at radius 3 is 2.79 bits per heavy atom. The number of rotatable bonds is 1. The fraction of sp³-hybridized carbons (Fsp3) is 0.211. The smallest absolute Gasteiger partial charge is 0.272 e. The van der Waals surface area contributed by atoms with Crippen molar-refractivity contribution in [1.82, 2.24) is 20.1 Å². The van der Waals surface area contributed by atoms with Crippen molar-refractivity contribution in [2.75, 3.05) is 12.3 Å². The number of ether oxygens (including phenoxy) is 1. The lowest BCUT2D eigenvalue weighted by atomic mass is 9.82. The van der Waals surface area contributed by atoms with Crippen LogP contribution in [0.15, 0.2) is 30.5 Å². The van der Waals surface area contributed by atoms with Gasteiger partial charge in [-0.05, 0) is 12.1 Å². The van der Waals surface area contributed by atoms with Crippen LogP contribution in [-0.4, -0.2) is 27.3 Å². The zero-order chi connectivity index (χ0) is 20.3. The molecule has 148 valence electrons. The number of nitrogens with one attached hydrogen (secondary N) is 1. The predicted molar refractivity (Wildman–Crippen MR) is 95.4 cm³/mol. The number of halogens is 3. The van der Waals surface area contributed by atoms with Gasteiger partial charge < -0.3 is 15.8 Å². The molecule has 1 aromatic carbocycles. The Morgan fingerprint density at radius 1 is 1.21 bits per heavy atom. The number of fused-ring (bicyclic) bond motifs is 3. The summed E-state index contributed by atoms with van der Waals surface area (Å²) in [7, 11) is 0. The van der Waals surface area contributed by atoms with Gasteiger partial charge in [0, 0.05) is 18.6 Å². The fourth-order valence-electron chi connectivity index (χ4n) is 3.98. The van der Waals surface area contributed by atoms with Gasteiger partial charge in [-0.1, -0.05) is 0 Å². The van der Waals surface area contributed by atoms with E-state index in [9.17, 15) is 18.0 Å². The first-order chi connectivity index (χ1) is 13.9. The van der Waals surface area contributed by atoms with E-state index in [1.54, 1.807) is 0 Å². The molecule has 2 aliphatic heterocycles. The number of nitrogen functional groups attached to an aromatic ring is 1. The number of carbonyl (C=O) groups excluding carboxylic acids is 1. The van der Waals surface area contributed by atoms with Crippen LogP contribution in [-0.2, 0) is 12.1 Å². The molecule has 29 heavy (non-hydrogen) atoms. The molecule has 3 aromatic rings. The summed E-state index contributed by atoms with van der Waals surface area (Å²) in [5.41, 5.74) is 5.74. The Hall–Kier alpha value is -3.56. The van der Waals surface area contributed by atoms with Crippen LogP contribution in [0, 0.1) is 17.5 Å². The zero-order valence-corrected chi connectivity index (χ0v) is 14.9. The Bertz CT molecular complexity index is 1160. The number of anilines is 1. The maximum Gasteiger partial charge on any atom is 0.272 e. The normalized spacial score (nSPS) is 20.0. The number of benzene rings is 1. The summed E-state index contributed by atoms with van der Waals surface area (Å²) in [5.74, 6) is -2.61. The summed E-state index contributed by atoms with van der Waals surface area (Å²) < 4.78 is 48.3. The minimum absolute atomic E-state index is 0.0399. The van der Waals surface area contributed by atoms with E-state index in [0.717, 1.165) is 18.3 Å². The standard InChI is InChI=1S/C19H14F3N5O2/c20-9-1-2-12(24-7-9)16-15(23)17-18(28)25-19(8-27(17)26-16)3-4-29-13-6-10(21)5-11(22)14(13)19/h1-2,5-7H,3-4,8,23H2,(H,25,28)/t19-/m0/s1. The Balaban J connectivity index is 1.64. The molecule has 4 heterocycles. The first-order valence-corrected chi connectivity index (χ1v) is 8.81. The van der Waals surface area contributed by atoms with Gasteiger partial charge in [0.2, 0.25) is 0 Å². The molecule has 0 fully saturated rings. The molecule has 5 rings (SSSR count). The highest BCUT2D eigenvalue weighted by atomic mass is 19.1. The second-order valence-corrected chi connectivity index (χ2v) is 7.03. The van der Waals surface area contributed by atoms with Gasteiger partial charge in [-0.25, -0.2) is 13.2 Å². The first-order valence-electron chi connectivity index (χ1n) is 8.81. The van der Waals surface area contributed by atoms with Gasteiger partial charge in [-0.3, -0.25) is 14.5 Å². The maximum absolute atomic E-state index is 14.7. The van der Waals surface area contributed by atoms with Crippen molar-refractivity contribution in [1.29, 1.82) is 0 Å². The molecule has 0 aliphatic carbocycles. The summed E-state index contributed by atoms with van der Waals surface area (Å²) in [5, 5.41) is 7.20. The lowest BCUT2D eigenvalue weighted by Crippen LogP contribution is -2.56. The minimum Gasteiger partial charge on any atom is -0.493 e. The molecular formula is C19H14F3N5O2. The van der Waals surface area contributed by atoms with Crippen molar-refractivity contribution < 1.29 is 22.7 Å². The second kappa shape index (κ2) is 5.97. The highest BCUT2D eigenvalue weighted by molar-refractivity contribution is 6.01. The molecule has 2 aromatic heterocycles. The average molecular weight is 401 g/mol. The molecule has 1 amide bonds. The van der Waals surface area contributed by atoms with Crippen molar-refractivity contribution in [3.05, 3.63) is 59.2 Å². The molecule has 0 saturated heterocycles. The number of nitrogens with two attached hydrogens (primary N) is 1. The number of amides is 1. The number of carbonyl (C=O) groups is 1. The van der Waals surface area contributed by atoms with E-state index in [4.69, 9.17) is 10.5 Å². The van der Waals surface area contributed by atoms with E-state index < -0.39 is 28.9 Å². The van der Waals surface area contributed by atoms with Crippen molar-refractivity contribution in [2.45, 2.75) is 18.5 Å². The fourth-order valence-corrected chi connectivity index (χ4v) is 3.98. The van der Waals surface area contributed by atoms with Crippen LogP contribution in [0.3, 0.4) is 0 Å². The van der Waals surface area contributed by atoms with Gasteiger partial charge in [0.1, 0.15) is 34.6 Å². The number of aromatic nitrogens is 3. The predicted octanol–water partition coefficient (Wildman–Crippen LogP) is 2.37. The van der Waals surface area contributed by atoms with E-state index in [0.29, 0.717) is 5.69 Å². The lowest BCUT2D eigenvalue weighted by molar-refractivity contribution is 0.0749. The van der Waals surface area contributed by atoms with E-state index in [1.165, 1.54) is 16.8 Å². The molecule has 0 unspecified atom stereocenters. The van der Waals surface area contributed by atoms with Crippen LogP contribution in [0.2, 0.25) is 0 Å². The Kier molecular flexibility index (Phi) is 3.61. The largest absolute Gasteiger partial charge is 0.493 e. The SMILES string of the molecule is Nc1c(-c2ccc(F)cn2)nn2c1C(=O)N[C@@]1(CCOc3cc(F)cc(F)c31)C2. The van der Waals surface area contributed by atoms with Crippen molar-refractivity contribution in [2.24, 2.45) is 0 Å². The van der Waals surface area contributed by atoms with E-state index in [1.807, 2.05) is 0 Å². The highest BCUT2D eigenvalue weighted by Gasteiger charge is 2.47. The van der Waals surface area contributed by atoms with E-state index in [2.05, 4.69) is 15.4 Å². The van der Waals surface area contributed by atoms with Crippen molar-refractivity contribution in [3.63, 3.8) is 0 Å². The van der Waals surface area contributed by atoms with E-state index >= 15 is 0 Å². The van der Waals surface area contributed by atoms with Gasteiger partial charge in [0.15, 0.2) is 0 Å². The van der Waals surface area contributed by atoms with Gasteiger partial charge in [-0.2, -0.15) is 5.10 Å². The highest BCUT2D eigenvalue weighted by Crippen LogP contribution is 2.43.